The fraction of sp³-hybridized carbons (Fsp3) is 0.414. The number of halogens is 2. The Hall–Kier alpha value is -3.27. The van der Waals surface area contributed by atoms with Crippen molar-refractivity contribution < 1.29 is 31.2 Å². The van der Waals surface area contributed by atoms with Crippen LogP contribution in [0.25, 0.3) is 0 Å². The standard InChI is InChI=1S/C29H37ClN6O3.ClH/c1-38-23-11-7-20(8-12-23)5-3-16-36(17-4-6-21-9-13-24(39-2)14-10-21)18-15-22(19-36)33-29(37)25-27(31)35-28(32)26(30)34-25;/h7-14,22H,3-6,15-19H2,1-2H3,(H4-,31,32,33,35,37);1H. The predicted molar refractivity (Wildman–Crippen MR) is 154 cm³/mol. The number of anilines is 2. The van der Waals surface area contributed by atoms with Crippen molar-refractivity contribution in [2.24, 2.45) is 0 Å². The molecular weight excluding hydrogens is 551 g/mol. The molecule has 0 saturated carbocycles. The molecule has 2 heterocycles. The summed E-state index contributed by atoms with van der Waals surface area (Å²) >= 11 is 5.99. The van der Waals surface area contributed by atoms with Gasteiger partial charge in [-0.1, -0.05) is 35.9 Å². The van der Waals surface area contributed by atoms with Crippen molar-refractivity contribution in [2.75, 3.05) is 51.9 Å². The maximum absolute atomic E-state index is 13.0. The van der Waals surface area contributed by atoms with Crippen LogP contribution in [0.3, 0.4) is 0 Å². The summed E-state index contributed by atoms with van der Waals surface area (Å²) in [5.41, 5.74) is 14.2. The summed E-state index contributed by atoms with van der Waals surface area (Å²) in [6.45, 7) is 3.93. The number of methoxy groups -OCH3 is 2. The number of carbonyl (C=O) groups excluding carboxylic acids is 1. The number of nitrogens with one attached hydrogen (secondary N) is 1. The van der Waals surface area contributed by atoms with Gasteiger partial charge >= 0.3 is 0 Å². The second-order valence-electron chi connectivity index (χ2n) is 10.2. The molecule has 216 valence electrons. The van der Waals surface area contributed by atoms with Gasteiger partial charge in [0.25, 0.3) is 5.91 Å². The van der Waals surface area contributed by atoms with Gasteiger partial charge < -0.3 is 43.1 Å². The first-order chi connectivity index (χ1) is 18.8. The number of quaternary nitrogens is 1. The van der Waals surface area contributed by atoms with Crippen molar-refractivity contribution in [3.63, 3.8) is 0 Å². The van der Waals surface area contributed by atoms with Gasteiger partial charge in [0.15, 0.2) is 22.5 Å². The highest BCUT2D eigenvalue weighted by atomic mass is 35.5. The molecule has 0 bridgehead atoms. The minimum Gasteiger partial charge on any atom is -1.00 e. The van der Waals surface area contributed by atoms with Crippen LogP contribution in [0.1, 0.15) is 40.9 Å². The molecule has 1 unspecified atom stereocenters. The summed E-state index contributed by atoms with van der Waals surface area (Å²) in [7, 11) is 3.36. The van der Waals surface area contributed by atoms with Gasteiger partial charge in [0.2, 0.25) is 0 Å². The normalized spacial score (nSPS) is 15.7. The minimum absolute atomic E-state index is 0. The van der Waals surface area contributed by atoms with Crippen molar-refractivity contribution in [1.29, 1.82) is 0 Å². The number of nitrogens with two attached hydrogens (primary N) is 2. The molecule has 0 radical (unpaired) electrons. The van der Waals surface area contributed by atoms with E-state index in [1.807, 2.05) is 24.3 Å². The third-order valence-electron chi connectivity index (χ3n) is 7.53. The third kappa shape index (κ3) is 8.13. The highest BCUT2D eigenvalue weighted by Crippen LogP contribution is 2.25. The average molecular weight is 590 g/mol. The van der Waals surface area contributed by atoms with Crippen LogP contribution in [-0.4, -0.2) is 66.8 Å². The molecule has 1 fully saturated rings. The largest absolute Gasteiger partial charge is 1.00 e. The molecule has 2 aromatic carbocycles. The van der Waals surface area contributed by atoms with Gasteiger partial charge in [-0.25, -0.2) is 9.97 Å². The van der Waals surface area contributed by atoms with E-state index in [0.717, 1.165) is 74.3 Å². The third-order valence-corrected chi connectivity index (χ3v) is 7.81. The highest BCUT2D eigenvalue weighted by molar-refractivity contribution is 6.31. The zero-order chi connectivity index (χ0) is 27.8. The molecule has 1 aromatic heterocycles. The molecule has 1 saturated heterocycles. The van der Waals surface area contributed by atoms with Gasteiger partial charge in [-0.15, -0.1) is 0 Å². The smallest absolute Gasteiger partial charge is 0.274 e. The number of carbonyl (C=O) groups is 1. The Morgan fingerprint density at radius 1 is 0.925 bits per heavy atom. The minimum atomic E-state index is -0.372. The van der Waals surface area contributed by atoms with E-state index in [9.17, 15) is 4.79 Å². The molecule has 1 atom stereocenters. The number of amides is 1. The van der Waals surface area contributed by atoms with Gasteiger partial charge in [-0.3, -0.25) is 4.79 Å². The van der Waals surface area contributed by atoms with Crippen LogP contribution >= 0.6 is 11.6 Å². The molecule has 11 heteroatoms. The molecule has 40 heavy (non-hydrogen) atoms. The van der Waals surface area contributed by atoms with E-state index in [0.29, 0.717) is 0 Å². The Morgan fingerprint density at radius 2 is 1.45 bits per heavy atom. The molecule has 1 aliphatic rings. The van der Waals surface area contributed by atoms with Crippen molar-refractivity contribution in [1.82, 2.24) is 15.3 Å². The van der Waals surface area contributed by atoms with E-state index in [1.54, 1.807) is 14.2 Å². The highest BCUT2D eigenvalue weighted by Gasteiger charge is 2.38. The summed E-state index contributed by atoms with van der Waals surface area (Å²) < 4.78 is 11.5. The number of rotatable bonds is 12. The first kappa shape index (κ1) is 31.3. The van der Waals surface area contributed by atoms with E-state index in [1.165, 1.54) is 11.1 Å². The maximum atomic E-state index is 13.0. The number of nitrogens with zero attached hydrogens (tertiary/aromatic N) is 3. The number of likely N-dealkylation sites (tertiary alicyclic amines) is 1. The van der Waals surface area contributed by atoms with Crippen LogP contribution in [-0.2, 0) is 12.8 Å². The van der Waals surface area contributed by atoms with Crippen LogP contribution in [0, 0.1) is 0 Å². The number of aryl methyl sites for hydroxylation is 2. The Balaban J connectivity index is 0.00000441. The Morgan fingerprint density at radius 3 is 1.95 bits per heavy atom. The van der Waals surface area contributed by atoms with Crippen LogP contribution in [0.15, 0.2) is 48.5 Å². The van der Waals surface area contributed by atoms with Gasteiger partial charge in [-0.05, 0) is 48.2 Å². The molecule has 1 aliphatic heterocycles. The molecular formula is C29H38Cl2N6O3. The molecule has 9 nitrogen and oxygen atoms in total. The Bertz CT molecular complexity index is 1200. The van der Waals surface area contributed by atoms with E-state index in [-0.39, 0.29) is 46.8 Å². The van der Waals surface area contributed by atoms with Crippen molar-refractivity contribution in [2.45, 2.75) is 38.1 Å². The molecule has 0 spiro atoms. The quantitative estimate of drug-likeness (QED) is 0.268. The van der Waals surface area contributed by atoms with Gasteiger partial charge in [0.1, 0.15) is 11.5 Å². The molecule has 0 aliphatic carbocycles. The van der Waals surface area contributed by atoms with Crippen LogP contribution in [0.4, 0.5) is 11.6 Å². The number of hydrogen-bond acceptors (Lipinski definition) is 7. The molecule has 5 N–H and O–H groups in total. The molecule has 3 aromatic rings. The van der Waals surface area contributed by atoms with Crippen molar-refractivity contribution >= 4 is 29.1 Å². The van der Waals surface area contributed by atoms with E-state index in [4.69, 9.17) is 32.5 Å². The van der Waals surface area contributed by atoms with Crippen molar-refractivity contribution in [3.05, 3.63) is 70.5 Å². The zero-order valence-electron chi connectivity index (χ0n) is 23.0. The van der Waals surface area contributed by atoms with E-state index in [2.05, 4.69) is 39.6 Å². The number of aromatic nitrogens is 2. The lowest BCUT2D eigenvalue weighted by Gasteiger charge is -2.35. The zero-order valence-corrected chi connectivity index (χ0v) is 24.5. The number of hydrogen-bond donors (Lipinski definition) is 3. The van der Waals surface area contributed by atoms with Crippen LogP contribution < -0.4 is 38.7 Å². The van der Waals surface area contributed by atoms with E-state index >= 15 is 0 Å². The fourth-order valence-corrected chi connectivity index (χ4v) is 5.53. The average Bonchev–Trinajstić information content (AvgIpc) is 3.33. The van der Waals surface area contributed by atoms with Gasteiger partial charge in [0.05, 0.1) is 46.4 Å². The van der Waals surface area contributed by atoms with Crippen molar-refractivity contribution in [3.8, 4) is 11.5 Å². The Labute approximate surface area is 247 Å². The lowest BCUT2D eigenvalue weighted by atomic mass is 10.1. The number of nitrogen functional groups attached to an aromatic ring is 2. The van der Waals surface area contributed by atoms with Crippen LogP contribution in [0.5, 0.6) is 11.5 Å². The number of benzene rings is 2. The summed E-state index contributed by atoms with van der Waals surface area (Å²) in [4.78, 5) is 21.0. The van der Waals surface area contributed by atoms with Gasteiger partial charge in [0, 0.05) is 19.3 Å². The molecule has 4 rings (SSSR count). The monoisotopic (exact) mass is 588 g/mol. The topological polar surface area (TPSA) is 125 Å². The van der Waals surface area contributed by atoms with Gasteiger partial charge in [-0.2, -0.15) is 0 Å². The lowest BCUT2D eigenvalue weighted by Crippen LogP contribution is -3.00. The summed E-state index contributed by atoms with van der Waals surface area (Å²) in [6, 6.07) is 16.6. The number of ether oxygens (including phenoxy) is 2. The summed E-state index contributed by atoms with van der Waals surface area (Å²) in [6.07, 6.45) is 4.99. The Kier molecular flexibility index (Phi) is 11.2. The SMILES string of the molecule is COc1ccc(CCC[N+]2(CCCc3ccc(OC)cc3)CCC(NC(=O)c3nc(Cl)c(N)nc3N)C2)cc1.[Cl-]. The first-order valence-corrected chi connectivity index (χ1v) is 13.7. The van der Waals surface area contributed by atoms with E-state index < -0.39 is 0 Å². The summed E-state index contributed by atoms with van der Waals surface area (Å²) in [5, 5.41) is 3.09. The predicted octanol–water partition coefficient (Wildman–Crippen LogP) is 0.900. The van der Waals surface area contributed by atoms with Crippen LogP contribution in [0.2, 0.25) is 5.15 Å². The maximum Gasteiger partial charge on any atom is 0.274 e. The second-order valence-corrected chi connectivity index (χ2v) is 10.5. The summed E-state index contributed by atoms with van der Waals surface area (Å²) in [5.74, 6) is 1.35. The first-order valence-electron chi connectivity index (χ1n) is 13.3. The molecule has 1 amide bonds. The lowest BCUT2D eigenvalue weighted by molar-refractivity contribution is -0.917. The second kappa shape index (κ2) is 14.4. The fourth-order valence-electron chi connectivity index (χ4n) is 5.40.